The van der Waals surface area contributed by atoms with Gasteiger partial charge in [-0.05, 0) is 35.4 Å². The van der Waals surface area contributed by atoms with Crippen molar-refractivity contribution in [1.82, 2.24) is 5.32 Å². The Morgan fingerprint density at radius 3 is 2.58 bits per heavy atom. The molecule has 1 aliphatic rings. The third kappa shape index (κ3) is 3.84. The number of rotatable bonds is 4. The van der Waals surface area contributed by atoms with Crippen LogP contribution in [-0.4, -0.2) is 19.1 Å². The summed E-state index contributed by atoms with van der Waals surface area (Å²) < 4.78 is 44.2. The van der Waals surface area contributed by atoms with Crippen LogP contribution in [0, 0.1) is 0 Å². The molecule has 0 atom stereocenters. The molecular weight excluding hydrogens is 343 g/mol. The van der Waals surface area contributed by atoms with Gasteiger partial charge in [-0.2, -0.15) is 13.2 Å². The minimum Gasteiger partial charge on any atom is -0.493 e. The van der Waals surface area contributed by atoms with Crippen LogP contribution in [-0.2, 0) is 18.0 Å². The molecule has 0 radical (unpaired) electrons. The quantitative estimate of drug-likeness (QED) is 0.877. The van der Waals surface area contributed by atoms with Gasteiger partial charge in [-0.15, -0.1) is 0 Å². The van der Waals surface area contributed by atoms with Crippen LogP contribution in [0.15, 0.2) is 42.5 Å². The van der Waals surface area contributed by atoms with Crippen LogP contribution in [0.4, 0.5) is 13.2 Å². The van der Waals surface area contributed by atoms with Gasteiger partial charge >= 0.3 is 6.18 Å². The molecule has 6 heteroatoms. The van der Waals surface area contributed by atoms with E-state index >= 15 is 0 Å². The van der Waals surface area contributed by atoms with Crippen LogP contribution in [0.3, 0.4) is 0 Å². The van der Waals surface area contributed by atoms with Gasteiger partial charge in [0, 0.05) is 23.9 Å². The van der Waals surface area contributed by atoms with Crippen molar-refractivity contribution in [2.24, 2.45) is 0 Å². The number of carbonyl (C=O) groups is 1. The zero-order valence-electron chi connectivity index (χ0n) is 14.6. The molecule has 3 nitrogen and oxygen atoms in total. The van der Waals surface area contributed by atoms with Crippen LogP contribution in [0.2, 0.25) is 0 Å². The maximum Gasteiger partial charge on any atom is 0.416 e. The Kier molecular flexibility index (Phi) is 4.69. The molecule has 0 saturated heterocycles. The van der Waals surface area contributed by atoms with E-state index in [0.29, 0.717) is 17.7 Å². The Morgan fingerprint density at radius 2 is 1.85 bits per heavy atom. The summed E-state index contributed by atoms with van der Waals surface area (Å²) in [5.74, 6) is 0.547. The SMILES string of the molecule is CC(C)(CNC(=O)c1ccc2c(c1)CCO2)c1cccc(C(F)(F)F)c1. The standard InChI is InChI=1S/C20H20F3NO2/c1-19(2,15-4-3-5-16(11-15)20(21,22)23)12-24-18(25)14-6-7-17-13(10-14)8-9-26-17/h3-7,10-11H,8-9,12H2,1-2H3,(H,24,25). The molecule has 1 amide bonds. The van der Waals surface area contributed by atoms with Crippen LogP contribution in [0.25, 0.3) is 0 Å². The predicted octanol–water partition coefficient (Wildman–Crippen LogP) is 4.35. The van der Waals surface area contributed by atoms with Crippen molar-refractivity contribution in [2.75, 3.05) is 13.2 Å². The number of alkyl halides is 3. The zero-order valence-corrected chi connectivity index (χ0v) is 14.6. The van der Waals surface area contributed by atoms with Gasteiger partial charge in [-0.3, -0.25) is 4.79 Å². The van der Waals surface area contributed by atoms with Crippen molar-refractivity contribution in [3.8, 4) is 5.75 Å². The van der Waals surface area contributed by atoms with E-state index in [-0.39, 0.29) is 12.5 Å². The second-order valence-electron chi connectivity index (χ2n) is 7.07. The first kappa shape index (κ1) is 18.3. The van der Waals surface area contributed by atoms with Crippen molar-refractivity contribution in [3.63, 3.8) is 0 Å². The van der Waals surface area contributed by atoms with E-state index in [0.717, 1.165) is 29.9 Å². The van der Waals surface area contributed by atoms with Gasteiger partial charge in [0.2, 0.25) is 0 Å². The summed E-state index contributed by atoms with van der Waals surface area (Å²) in [6, 6.07) is 10.5. The fourth-order valence-electron chi connectivity index (χ4n) is 2.95. The van der Waals surface area contributed by atoms with E-state index in [2.05, 4.69) is 5.32 Å². The van der Waals surface area contributed by atoms with E-state index in [1.54, 1.807) is 38.1 Å². The first-order chi connectivity index (χ1) is 12.2. The van der Waals surface area contributed by atoms with Crippen LogP contribution in [0.1, 0.15) is 40.9 Å². The van der Waals surface area contributed by atoms with Gasteiger partial charge in [0.25, 0.3) is 5.91 Å². The number of nitrogens with one attached hydrogen (secondary N) is 1. The summed E-state index contributed by atoms with van der Waals surface area (Å²) in [4.78, 5) is 12.4. The molecule has 0 spiro atoms. The van der Waals surface area contributed by atoms with Crippen molar-refractivity contribution in [2.45, 2.75) is 31.9 Å². The second kappa shape index (κ2) is 6.67. The van der Waals surface area contributed by atoms with Crippen LogP contribution in [0.5, 0.6) is 5.75 Å². The largest absolute Gasteiger partial charge is 0.493 e. The molecule has 0 bridgehead atoms. The second-order valence-corrected chi connectivity index (χ2v) is 7.07. The van der Waals surface area contributed by atoms with Crippen LogP contribution < -0.4 is 10.1 Å². The average molecular weight is 363 g/mol. The molecule has 1 aliphatic heterocycles. The van der Waals surface area contributed by atoms with Crippen LogP contribution >= 0.6 is 0 Å². The summed E-state index contributed by atoms with van der Waals surface area (Å²) in [5.41, 5.74) is 0.711. The Hall–Kier alpha value is -2.50. The summed E-state index contributed by atoms with van der Waals surface area (Å²) in [6.45, 7) is 4.45. The van der Waals surface area contributed by atoms with Gasteiger partial charge in [0.1, 0.15) is 5.75 Å². The first-order valence-corrected chi connectivity index (χ1v) is 8.38. The number of fused-ring (bicyclic) bond motifs is 1. The Bertz CT molecular complexity index is 828. The summed E-state index contributed by atoms with van der Waals surface area (Å²) in [5, 5.41) is 2.83. The summed E-state index contributed by atoms with van der Waals surface area (Å²) >= 11 is 0. The van der Waals surface area contributed by atoms with Crippen molar-refractivity contribution in [3.05, 3.63) is 64.7 Å². The summed E-state index contributed by atoms with van der Waals surface area (Å²) in [7, 11) is 0. The minimum atomic E-state index is -4.39. The number of halogens is 3. The maximum atomic E-state index is 12.9. The van der Waals surface area contributed by atoms with E-state index < -0.39 is 17.2 Å². The lowest BCUT2D eigenvalue weighted by atomic mass is 9.83. The molecule has 2 aromatic carbocycles. The number of amides is 1. The number of ether oxygens (including phenoxy) is 1. The lowest BCUT2D eigenvalue weighted by molar-refractivity contribution is -0.137. The van der Waals surface area contributed by atoms with Gasteiger partial charge in [0.15, 0.2) is 0 Å². The fraction of sp³-hybridized carbons (Fsp3) is 0.350. The molecular formula is C20H20F3NO2. The highest BCUT2D eigenvalue weighted by Crippen LogP contribution is 2.32. The molecule has 1 heterocycles. The Balaban J connectivity index is 1.71. The molecule has 0 aliphatic carbocycles. The molecule has 2 aromatic rings. The van der Waals surface area contributed by atoms with Crippen molar-refractivity contribution < 1.29 is 22.7 Å². The van der Waals surface area contributed by atoms with Gasteiger partial charge in [0.05, 0.1) is 12.2 Å². The number of carbonyl (C=O) groups excluding carboxylic acids is 1. The Labute approximate surface area is 150 Å². The van der Waals surface area contributed by atoms with Crippen molar-refractivity contribution in [1.29, 1.82) is 0 Å². The van der Waals surface area contributed by atoms with E-state index in [4.69, 9.17) is 4.74 Å². The lowest BCUT2D eigenvalue weighted by Gasteiger charge is -2.26. The number of benzene rings is 2. The predicted molar refractivity (Wildman–Crippen MR) is 92.4 cm³/mol. The van der Waals surface area contributed by atoms with Crippen molar-refractivity contribution >= 4 is 5.91 Å². The molecule has 26 heavy (non-hydrogen) atoms. The van der Waals surface area contributed by atoms with E-state index in [1.165, 1.54) is 6.07 Å². The smallest absolute Gasteiger partial charge is 0.416 e. The third-order valence-electron chi connectivity index (χ3n) is 4.61. The number of hydrogen-bond donors (Lipinski definition) is 1. The maximum absolute atomic E-state index is 12.9. The normalized spacial score (nSPS) is 13.9. The molecule has 0 aromatic heterocycles. The topological polar surface area (TPSA) is 38.3 Å². The highest BCUT2D eigenvalue weighted by molar-refractivity contribution is 5.94. The molecule has 0 unspecified atom stereocenters. The average Bonchev–Trinajstić information content (AvgIpc) is 3.07. The Morgan fingerprint density at radius 1 is 1.12 bits per heavy atom. The lowest BCUT2D eigenvalue weighted by Crippen LogP contribution is -2.36. The number of hydrogen-bond acceptors (Lipinski definition) is 2. The zero-order chi connectivity index (χ0) is 18.9. The van der Waals surface area contributed by atoms with E-state index in [1.807, 2.05) is 0 Å². The molecule has 0 fully saturated rings. The van der Waals surface area contributed by atoms with Gasteiger partial charge in [-0.25, -0.2) is 0 Å². The molecule has 0 saturated carbocycles. The third-order valence-corrected chi connectivity index (χ3v) is 4.61. The minimum absolute atomic E-state index is 0.223. The highest BCUT2D eigenvalue weighted by atomic mass is 19.4. The highest BCUT2D eigenvalue weighted by Gasteiger charge is 2.32. The summed E-state index contributed by atoms with van der Waals surface area (Å²) in [6.07, 6.45) is -3.62. The van der Waals surface area contributed by atoms with Gasteiger partial charge in [-0.1, -0.05) is 32.0 Å². The monoisotopic (exact) mass is 363 g/mol. The first-order valence-electron chi connectivity index (χ1n) is 8.38. The molecule has 3 rings (SSSR count). The fourth-order valence-corrected chi connectivity index (χ4v) is 2.95. The van der Waals surface area contributed by atoms with Gasteiger partial charge < -0.3 is 10.1 Å². The molecule has 1 N–H and O–H groups in total. The molecule has 138 valence electrons. The van der Waals surface area contributed by atoms with E-state index in [9.17, 15) is 18.0 Å².